The summed E-state index contributed by atoms with van der Waals surface area (Å²) in [5.41, 5.74) is 7.68. The third kappa shape index (κ3) is 3.58. The Morgan fingerprint density at radius 2 is 2.07 bits per heavy atom. The lowest BCUT2D eigenvalue weighted by molar-refractivity contribution is -0.121. The number of nitrogens with two attached hydrogens (primary N) is 1. The quantitative estimate of drug-likeness (QED) is 0.732. The molecule has 0 aliphatic rings. The maximum atomic E-state index is 11.1. The molecule has 0 radical (unpaired) electrons. The molecule has 2 heteroatoms. The van der Waals surface area contributed by atoms with Gasteiger partial charge in [0.2, 0.25) is 5.91 Å². The molecule has 0 aromatic heterocycles. The van der Waals surface area contributed by atoms with E-state index < -0.39 is 0 Å². The molecule has 0 aliphatic carbocycles. The van der Waals surface area contributed by atoms with Crippen molar-refractivity contribution in [3.63, 3.8) is 0 Å². The number of hydrogen-bond donors (Lipinski definition) is 1. The molecule has 1 amide bonds. The zero-order chi connectivity index (χ0) is 11.3. The van der Waals surface area contributed by atoms with E-state index in [9.17, 15) is 4.79 Å². The maximum Gasteiger partial charge on any atom is 0.221 e. The van der Waals surface area contributed by atoms with E-state index in [1.165, 1.54) is 5.56 Å². The number of hydrogen-bond acceptors (Lipinski definition) is 1. The van der Waals surface area contributed by atoms with Crippen molar-refractivity contribution in [2.45, 2.75) is 19.8 Å². The summed E-state index contributed by atoms with van der Waals surface area (Å²) in [4.78, 5) is 11.1. The van der Waals surface area contributed by atoms with E-state index in [0.29, 0.717) is 12.8 Å². The standard InChI is InChI=1S/C13H17NO/c1-3-4-12(13(14)15)9-11-7-5-10(2)6-8-11/h3,5-8,12H,1,4,9H2,2H3,(H2,14,15)/t12-/m0/s1. The van der Waals surface area contributed by atoms with Crippen LogP contribution in [-0.2, 0) is 11.2 Å². The summed E-state index contributed by atoms with van der Waals surface area (Å²) in [5, 5.41) is 0. The molecule has 0 bridgehead atoms. The van der Waals surface area contributed by atoms with Crippen molar-refractivity contribution >= 4 is 5.91 Å². The molecule has 1 aromatic rings. The minimum Gasteiger partial charge on any atom is -0.369 e. The maximum absolute atomic E-state index is 11.1. The highest BCUT2D eigenvalue weighted by molar-refractivity contribution is 5.77. The number of allylic oxidation sites excluding steroid dienone is 1. The molecular weight excluding hydrogens is 186 g/mol. The summed E-state index contributed by atoms with van der Waals surface area (Å²) < 4.78 is 0. The first-order chi connectivity index (χ1) is 7.13. The average Bonchev–Trinajstić information content (AvgIpc) is 2.20. The highest BCUT2D eigenvalue weighted by atomic mass is 16.1. The van der Waals surface area contributed by atoms with Crippen LogP contribution in [0.3, 0.4) is 0 Å². The lowest BCUT2D eigenvalue weighted by Crippen LogP contribution is -2.24. The van der Waals surface area contributed by atoms with Gasteiger partial charge >= 0.3 is 0 Å². The smallest absolute Gasteiger partial charge is 0.221 e. The number of carbonyl (C=O) groups excluding carboxylic acids is 1. The van der Waals surface area contributed by atoms with Crippen LogP contribution in [0.1, 0.15) is 17.5 Å². The molecule has 80 valence electrons. The zero-order valence-electron chi connectivity index (χ0n) is 9.07. The van der Waals surface area contributed by atoms with Crippen LogP contribution in [0.5, 0.6) is 0 Å². The van der Waals surface area contributed by atoms with Crippen LogP contribution in [0, 0.1) is 12.8 Å². The van der Waals surface area contributed by atoms with Crippen molar-refractivity contribution in [2.24, 2.45) is 11.7 Å². The van der Waals surface area contributed by atoms with Crippen LogP contribution in [0.15, 0.2) is 36.9 Å². The summed E-state index contributed by atoms with van der Waals surface area (Å²) >= 11 is 0. The average molecular weight is 203 g/mol. The molecule has 0 saturated carbocycles. The predicted octanol–water partition coefficient (Wildman–Crippen LogP) is 2.22. The molecule has 0 saturated heterocycles. The van der Waals surface area contributed by atoms with Crippen LogP contribution in [0.4, 0.5) is 0 Å². The van der Waals surface area contributed by atoms with Gasteiger partial charge in [-0.15, -0.1) is 6.58 Å². The summed E-state index contributed by atoms with van der Waals surface area (Å²) in [6.07, 6.45) is 3.08. The third-order valence-electron chi connectivity index (χ3n) is 2.46. The second kappa shape index (κ2) is 5.35. The highest BCUT2D eigenvalue weighted by Gasteiger charge is 2.13. The van der Waals surface area contributed by atoms with E-state index in [1.807, 2.05) is 31.2 Å². The second-order valence-electron chi connectivity index (χ2n) is 3.81. The van der Waals surface area contributed by atoms with Gasteiger partial charge in [0.15, 0.2) is 0 Å². The normalized spacial score (nSPS) is 12.1. The number of rotatable bonds is 5. The highest BCUT2D eigenvalue weighted by Crippen LogP contribution is 2.13. The van der Waals surface area contributed by atoms with E-state index in [0.717, 1.165) is 5.56 Å². The Kier molecular flexibility index (Phi) is 4.10. The number of benzene rings is 1. The Hall–Kier alpha value is -1.57. The summed E-state index contributed by atoms with van der Waals surface area (Å²) in [7, 11) is 0. The Bertz CT molecular complexity index is 340. The van der Waals surface area contributed by atoms with Crippen LogP contribution in [-0.4, -0.2) is 5.91 Å². The van der Waals surface area contributed by atoms with E-state index in [2.05, 4.69) is 6.58 Å². The van der Waals surface area contributed by atoms with Gasteiger partial charge in [-0.1, -0.05) is 35.9 Å². The SMILES string of the molecule is C=CC[C@@H](Cc1ccc(C)cc1)C(N)=O. The molecule has 1 aromatic carbocycles. The van der Waals surface area contributed by atoms with Gasteiger partial charge in [-0.25, -0.2) is 0 Å². The van der Waals surface area contributed by atoms with E-state index in [-0.39, 0.29) is 11.8 Å². The topological polar surface area (TPSA) is 43.1 Å². The third-order valence-corrected chi connectivity index (χ3v) is 2.46. The predicted molar refractivity (Wildman–Crippen MR) is 62.4 cm³/mol. The largest absolute Gasteiger partial charge is 0.369 e. The minimum absolute atomic E-state index is 0.134. The monoisotopic (exact) mass is 203 g/mol. The Labute approximate surface area is 90.8 Å². The number of aryl methyl sites for hydroxylation is 1. The van der Waals surface area contributed by atoms with Crippen LogP contribution in [0.2, 0.25) is 0 Å². The summed E-state index contributed by atoms with van der Waals surface area (Å²) in [6, 6.07) is 8.16. The van der Waals surface area contributed by atoms with Crippen molar-refractivity contribution in [1.29, 1.82) is 0 Å². The lowest BCUT2D eigenvalue weighted by Gasteiger charge is -2.10. The fraction of sp³-hybridized carbons (Fsp3) is 0.308. The van der Waals surface area contributed by atoms with Crippen LogP contribution < -0.4 is 5.73 Å². The van der Waals surface area contributed by atoms with Gasteiger partial charge in [-0.3, -0.25) is 4.79 Å². The molecule has 0 unspecified atom stereocenters. The van der Waals surface area contributed by atoms with Crippen LogP contribution >= 0.6 is 0 Å². The molecule has 1 atom stereocenters. The molecule has 15 heavy (non-hydrogen) atoms. The second-order valence-corrected chi connectivity index (χ2v) is 3.81. The van der Waals surface area contributed by atoms with E-state index in [1.54, 1.807) is 6.08 Å². The fourth-order valence-electron chi connectivity index (χ4n) is 1.51. The number of primary amides is 1. The van der Waals surface area contributed by atoms with Crippen molar-refractivity contribution in [3.05, 3.63) is 48.0 Å². The van der Waals surface area contributed by atoms with Gasteiger partial charge < -0.3 is 5.73 Å². The van der Waals surface area contributed by atoms with Gasteiger partial charge in [0.25, 0.3) is 0 Å². The van der Waals surface area contributed by atoms with Gasteiger partial charge in [-0.2, -0.15) is 0 Å². The fourth-order valence-corrected chi connectivity index (χ4v) is 1.51. The molecule has 2 N–H and O–H groups in total. The Morgan fingerprint density at radius 1 is 1.47 bits per heavy atom. The number of amides is 1. The van der Waals surface area contributed by atoms with E-state index >= 15 is 0 Å². The van der Waals surface area contributed by atoms with Gasteiger partial charge in [0.05, 0.1) is 0 Å². The van der Waals surface area contributed by atoms with Crippen molar-refractivity contribution < 1.29 is 4.79 Å². The van der Waals surface area contributed by atoms with Crippen molar-refractivity contribution in [1.82, 2.24) is 0 Å². The number of carbonyl (C=O) groups is 1. The first kappa shape index (κ1) is 11.5. The molecular formula is C13H17NO. The molecule has 0 aliphatic heterocycles. The van der Waals surface area contributed by atoms with E-state index in [4.69, 9.17) is 5.73 Å². The lowest BCUT2D eigenvalue weighted by atomic mass is 9.95. The van der Waals surface area contributed by atoms with Gasteiger partial charge in [0, 0.05) is 5.92 Å². The molecule has 2 nitrogen and oxygen atoms in total. The van der Waals surface area contributed by atoms with Crippen LogP contribution in [0.25, 0.3) is 0 Å². The Morgan fingerprint density at radius 3 is 2.53 bits per heavy atom. The molecule has 1 rings (SSSR count). The van der Waals surface area contributed by atoms with Gasteiger partial charge in [0.1, 0.15) is 0 Å². The Balaban J connectivity index is 2.69. The summed E-state index contributed by atoms with van der Waals surface area (Å²) in [6.45, 7) is 5.67. The molecule has 0 spiro atoms. The summed E-state index contributed by atoms with van der Waals surface area (Å²) in [5.74, 6) is -0.388. The zero-order valence-corrected chi connectivity index (χ0v) is 9.07. The minimum atomic E-state index is -0.254. The first-order valence-electron chi connectivity index (χ1n) is 5.09. The first-order valence-corrected chi connectivity index (χ1v) is 5.09. The molecule has 0 fully saturated rings. The van der Waals surface area contributed by atoms with Gasteiger partial charge in [-0.05, 0) is 25.3 Å². The molecule has 0 heterocycles. The van der Waals surface area contributed by atoms with Crippen molar-refractivity contribution in [3.8, 4) is 0 Å². The van der Waals surface area contributed by atoms with Crippen molar-refractivity contribution in [2.75, 3.05) is 0 Å².